The van der Waals surface area contributed by atoms with Gasteiger partial charge in [-0.3, -0.25) is 0 Å². The molecule has 0 fully saturated rings. The monoisotopic (exact) mass is 165 g/mol. The van der Waals surface area contributed by atoms with Crippen molar-refractivity contribution in [3.05, 3.63) is 19.1 Å². The van der Waals surface area contributed by atoms with E-state index in [4.69, 9.17) is 0 Å². The van der Waals surface area contributed by atoms with Crippen molar-refractivity contribution in [2.75, 3.05) is 0 Å². The molecule has 0 aromatic rings. The third-order valence-corrected chi connectivity index (χ3v) is 2.99. The largest absolute Gasteiger partial charge is 0.0885 e. The molecule has 1 radical (unpaired) electrons. The molecule has 69 valence electrons. The van der Waals surface area contributed by atoms with Crippen LogP contribution in [0, 0.1) is 18.8 Å². The van der Waals surface area contributed by atoms with Gasteiger partial charge in [0, 0.05) is 0 Å². The second-order valence-corrected chi connectivity index (χ2v) is 3.92. The van der Waals surface area contributed by atoms with Crippen molar-refractivity contribution in [1.29, 1.82) is 0 Å². The molecule has 0 aromatic carbocycles. The summed E-state index contributed by atoms with van der Waals surface area (Å²) in [6, 6.07) is 0. The molecule has 0 heterocycles. The third-order valence-electron chi connectivity index (χ3n) is 2.99. The highest BCUT2D eigenvalue weighted by Gasteiger charge is 2.14. The van der Waals surface area contributed by atoms with Crippen molar-refractivity contribution in [3.8, 4) is 0 Å². The maximum absolute atomic E-state index is 4.22. The standard InChI is InChI=1S/C12H21/c1-3-11(2)12-9-7-5-4-6-8-10-12/h5,7,11-12H,2-4,6,8-10H2,1H3/b7-5-. The molecule has 1 aliphatic carbocycles. The summed E-state index contributed by atoms with van der Waals surface area (Å²) in [6.45, 7) is 6.47. The lowest BCUT2D eigenvalue weighted by molar-refractivity contribution is 0.345. The maximum atomic E-state index is 4.22. The van der Waals surface area contributed by atoms with E-state index in [1.54, 1.807) is 0 Å². The van der Waals surface area contributed by atoms with Crippen LogP contribution < -0.4 is 0 Å². The smallest absolute Gasteiger partial charge is 0.0320 e. The highest BCUT2D eigenvalue weighted by atomic mass is 14.2. The SMILES string of the molecule is [CH2]C(CC)C1C/C=C\CCCC1. The van der Waals surface area contributed by atoms with Crippen LogP contribution in [0.15, 0.2) is 12.2 Å². The number of allylic oxidation sites excluding steroid dienone is 2. The number of hydrogen-bond donors (Lipinski definition) is 0. The lowest BCUT2D eigenvalue weighted by Gasteiger charge is -2.22. The Morgan fingerprint density at radius 3 is 3.00 bits per heavy atom. The lowest BCUT2D eigenvalue weighted by Crippen LogP contribution is -2.11. The Kier molecular flexibility index (Phi) is 4.42. The van der Waals surface area contributed by atoms with Crippen molar-refractivity contribution in [2.45, 2.75) is 45.4 Å². The molecule has 1 rings (SSSR count). The van der Waals surface area contributed by atoms with Gasteiger partial charge in [-0.25, -0.2) is 0 Å². The van der Waals surface area contributed by atoms with E-state index in [1.165, 1.54) is 38.5 Å². The second kappa shape index (κ2) is 5.40. The molecule has 0 aromatic heterocycles. The van der Waals surface area contributed by atoms with E-state index in [2.05, 4.69) is 26.0 Å². The normalized spacial score (nSPS) is 30.3. The van der Waals surface area contributed by atoms with Gasteiger partial charge < -0.3 is 0 Å². The summed E-state index contributed by atoms with van der Waals surface area (Å²) in [5, 5.41) is 0. The summed E-state index contributed by atoms with van der Waals surface area (Å²) in [6.07, 6.45) is 12.7. The molecule has 2 unspecified atom stereocenters. The molecule has 0 saturated heterocycles. The van der Waals surface area contributed by atoms with Crippen LogP contribution in [0.4, 0.5) is 0 Å². The second-order valence-electron chi connectivity index (χ2n) is 3.92. The Hall–Kier alpha value is -0.260. The van der Waals surface area contributed by atoms with Crippen LogP contribution in [-0.2, 0) is 0 Å². The predicted molar refractivity (Wildman–Crippen MR) is 54.9 cm³/mol. The van der Waals surface area contributed by atoms with E-state index >= 15 is 0 Å². The molecular formula is C12H21. The first-order valence-electron chi connectivity index (χ1n) is 5.32. The van der Waals surface area contributed by atoms with Crippen LogP contribution in [0.25, 0.3) is 0 Å². The molecule has 0 amide bonds. The van der Waals surface area contributed by atoms with Crippen LogP contribution >= 0.6 is 0 Å². The summed E-state index contributed by atoms with van der Waals surface area (Å²) >= 11 is 0. The van der Waals surface area contributed by atoms with E-state index < -0.39 is 0 Å². The molecule has 12 heavy (non-hydrogen) atoms. The maximum Gasteiger partial charge on any atom is -0.0320 e. The van der Waals surface area contributed by atoms with Gasteiger partial charge in [-0.15, -0.1) is 0 Å². The van der Waals surface area contributed by atoms with Crippen LogP contribution in [0.5, 0.6) is 0 Å². The fraction of sp³-hybridized carbons (Fsp3) is 0.750. The van der Waals surface area contributed by atoms with Gasteiger partial charge in [-0.05, 0) is 44.4 Å². The Morgan fingerprint density at radius 2 is 2.25 bits per heavy atom. The molecule has 0 aliphatic heterocycles. The van der Waals surface area contributed by atoms with Crippen LogP contribution in [0.3, 0.4) is 0 Å². The molecule has 0 heteroatoms. The van der Waals surface area contributed by atoms with E-state index in [1.807, 2.05) is 0 Å². The molecule has 0 saturated carbocycles. The molecule has 2 atom stereocenters. The summed E-state index contributed by atoms with van der Waals surface area (Å²) in [5.41, 5.74) is 0. The lowest BCUT2D eigenvalue weighted by atomic mass is 9.83. The fourth-order valence-corrected chi connectivity index (χ4v) is 1.94. The minimum atomic E-state index is 0.674. The van der Waals surface area contributed by atoms with E-state index in [0.29, 0.717) is 5.92 Å². The van der Waals surface area contributed by atoms with Crippen LogP contribution in [-0.4, -0.2) is 0 Å². The first kappa shape index (κ1) is 9.83. The topological polar surface area (TPSA) is 0 Å². The minimum absolute atomic E-state index is 0.674. The molecular weight excluding hydrogens is 144 g/mol. The van der Waals surface area contributed by atoms with Gasteiger partial charge >= 0.3 is 0 Å². The summed E-state index contributed by atoms with van der Waals surface area (Å²) < 4.78 is 0. The van der Waals surface area contributed by atoms with Gasteiger partial charge in [0.05, 0.1) is 0 Å². The highest BCUT2D eigenvalue weighted by molar-refractivity contribution is 4.88. The molecule has 0 bridgehead atoms. The van der Waals surface area contributed by atoms with Crippen molar-refractivity contribution < 1.29 is 0 Å². The van der Waals surface area contributed by atoms with Crippen molar-refractivity contribution in [3.63, 3.8) is 0 Å². The average Bonchev–Trinajstić information content (AvgIpc) is 2.02. The summed E-state index contributed by atoms with van der Waals surface area (Å²) in [7, 11) is 0. The third kappa shape index (κ3) is 3.00. The molecule has 0 spiro atoms. The van der Waals surface area contributed by atoms with E-state index in [9.17, 15) is 0 Å². The van der Waals surface area contributed by atoms with Crippen LogP contribution in [0.2, 0.25) is 0 Å². The molecule has 0 nitrogen and oxygen atoms in total. The zero-order valence-electron chi connectivity index (χ0n) is 8.26. The molecule has 0 N–H and O–H groups in total. The fourth-order valence-electron chi connectivity index (χ4n) is 1.94. The minimum Gasteiger partial charge on any atom is -0.0885 e. The van der Waals surface area contributed by atoms with Crippen molar-refractivity contribution >= 4 is 0 Å². The van der Waals surface area contributed by atoms with Crippen molar-refractivity contribution in [2.24, 2.45) is 11.8 Å². The average molecular weight is 165 g/mol. The van der Waals surface area contributed by atoms with Gasteiger partial charge in [-0.1, -0.05) is 31.9 Å². The highest BCUT2D eigenvalue weighted by Crippen LogP contribution is 2.26. The summed E-state index contributed by atoms with van der Waals surface area (Å²) in [5.74, 6) is 1.53. The Labute approximate surface area is 77.1 Å². The molecule has 1 aliphatic rings. The predicted octanol–water partition coefficient (Wildman–Crippen LogP) is 3.98. The first-order valence-corrected chi connectivity index (χ1v) is 5.32. The van der Waals surface area contributed by atoms with E-state index in [0.717, 1.165) is 5.92 Å². The van der Waals surface area contributed by atoms with E-state index in [-0.39, 0.29) is 0 Å². The zero-order valence-corrected chi connectivity index (χ0v) is 8.26. The van der Waals surface area contributed by atoms with Crippen molar-refractivity contribution in [1.82, 2.24) is 0 Å². The Morgan fingerprint density at radius 1 is 1.42 bits per heavy atom. The van der Waals surface area contributed by atoms with Gasteiger partial charge in [0.25, 0.3) is 0 Å². The Bertz CT molecular complexity index is 135. The van der Waals surface area contributed by atoms with Gasteiger partial charge in [0.15, 0.2) is 0 Å². The first-order chi connectivity index (χ1) is 5.84. The quantitative estimate of drug-likeness (QED) is 0.543. The van der Waals surface area contributed by atoms with Gasteiger partial charge in [0.1, 0.15) is 0 Å². The number of rotatable bonds is 2. The zero-order chi connectivity index (χ0) is 8.81. The number of hydrogen-bond acceptors (Lipinski definition) is 0. The van der Waals surface area contributed by atoms with Crippen LogP contribution in [0.1, 0.15) is 45.4 Å². The van der Waals surface area contributed by atoms with Gasteiger partial charge in [-0.2, -0.15) is 0 Å². The Balaban J connectivity index is 2.39. The summed E-state index contributed by atoms with van der Waals surface area (Å²) in [4.78, 5) is 0. The van der Waals surface area contributed by atoms with Gasteiger partial charge in [0.2, 0.25) is 0 Å².